The standard InChI is InChI=1S/C28H24N2O7/c1-34-21-10-7-17(8-11-21)22-14-20(13-18-5-3-4-6-23(18)35-2)27(31)30(29-22)26(28(32)33)19-9-12-24-25(15-19)37-16-36-24/h3-12,14-15,26H,13,16H2,1-2H3,(H,32,33). The first-order valence-corrected chi connectivity index (χ1v) is 11.5. The molecule has 0 saturated heterocycles. The zero-order chi connectivity index (χ0) is 25.9. The van der Waals surface area contributed by atoms with Gasteiger partial charge in [0.05, 0.1) is 19.9 Å². The van der Waals surface area contributed by atoms with E-state index in [9.17, 15) is 14.7 Å². The van der Waals surface area contributed by atoms with Crippen molar-refractivity contribution in [3.63, 3.8) is 0 Å². The number of nitrogens with zero attached hydrogens (tertiary/aromatic N) is 2. The molecule has 9 nitrogen and oxygen atoms in total. The number of aliphatic carboxylic acids is 1. The van der Waals surface area contributed by atoms with Crippen LogP contribution in [0.15, 0.2) is 77.6 Å². The zero-order valence-corrected chi connectivity index (χ0v) is 20.2. The van der Waals surface area contributed by atoms with Gasteiger partial charge in [-0.05, 0) is 59.7 Å². The summed E-state index contributed by atoms with van der Waals surface area (Å²) in [5.41, 5.74) is 2.12. The van der Waals surface area contributed by atoms with Gasteiger partial charge in [0.15, 0.2) is 17.5 Å². The molecule has 1 aromatic heterocycles. The molecule has 1 N–H and O–H groups in total. The highest BCUT2D eigenvalue weighted by Gasteiger charge is 2.28. The van der Waals surface area contributed by atoms with E-state index in [0.29, 0.717) is 45.4 Å². The van der Waals surface area contributed by atoms with E-state index in [1.807, 2.05) is 24.3 Å². The Kier molecular flexibility index (Phi) is 6.51. The molecule has 2 heterocycles. The average Bonchev–Trinajstić information content (AvgIpc) is 3.39. The lowest BCUT2D eigenvalue weighted by atomic mass is 10.0. The lowest BCUT2D eigenvalue weighted by molar-refractivity contribution is -0.139. The van der Waals surface area contributed by atoms with E-state index in [-0.39, 0.29) is 13.2 Å². The summed E-state index contributed by atoms with van der Waals surface area (Å²) in [6.45, 7) is 0.0464. The molecule has 1 unspecified atom stereocenters. The van der Waals surface area contributed by atoms with Gasteiger partial charge in [-0.15, -0.1) is 0 Å². The van der Waals surface area contributed by atoms with E-state index in [1.54, 1.807) is 62.8 Å². The number of carboxylic acid groups (broad SMARTS) is 1. The Labute approximate surface area is 212 Å². The SMILES string of the molecule is COc1ccc(-c2cc(Cc3ccccc3OC)c(=O)n(C(C(=O)O)c3ccc4c(c3)OCO4)n2)cc1. The molecule has 0 saturated carbocycles. The molecule has 37 heavy (non-hydrogen) atoms. The third-order valence-corrected chi connectivity index (χ3v) is 6.16. The van der Waals surface area contributed by atoms with Crippen molar-refractivity contribution in [3.05, 3.63) is 99.8 Å². The summed E-state index contributed by atoms with van der Waals surface area (Å²) in [5.74, 6) is 0.981. The highest BCUT2D eigenvalue weighted by molar-refractivity contribution is 5.76. The second kappa shape index (κ2) is 10.1. The number of fused-ring (bicyclic) bond motifs is 1. The minimum Gasteiger partial charge on any atom is -0.497 e. The molecule has 4 aromatic rings. The molecular weight excluding hydrogens is 476 g/mol. The molecule has 0 spiro atoms. The van der Waals surface area contributed by atoms with Gasteiger partial charge in [-0.1, -0.05) is 24.3 Å². The smallest absolute Gasteiger partial charge is 0.333 e. The maximum absolute atomic E-state index is 13.7. The third-order valence-electron chi connectivity index (χ3n) is 6.16. The molecular formula is C28H24N2O7. The van der Waals surface area contributed by atoms with Crippen LogP contribution in [0.5, 0.6) is 23.0 Å². The molecule has 1 aliphatic heterocycles. The Bertz CT molecular complexity index is 1510. The van der Waals surface area contributed by atoms with Crippen LogP contribution < -0.4 is 24.5 Å². The fourth-order valence-electron chi connectivity index (χ4n) is 4.29. The highest BCUT2D eigenvalue weighted by Crippen LogP contribution is 2.35. The zero-order valence-electron chi connectivity index (χ0n) is 20.2. The van der Waals surface area contributed by atoms with Crippen molar-refractivity contribution >= 4 is 5.97 Å². The van der Waals surface area contributed by atoms with Gasteiger partial charge in [-0.2, -0.15) is 5.10 Å². The maximum atomic E-state index is 13.7. The molecule has 1 atom stereocenters. The normalized spacial score (nSPS) is 12.7. The monoisotopic (exact) mass is 500 g/mol. The molecule has 188 valence electrons. The number of carboxylic acids is 1. The number of rotatable bonds is 8. The van der Waals surface area contributed by atoms with Crippen LogP contribution in [0.25, 0.3) is 11.3 Å². The third kappa shape index (κ3) is 4.71. The van der Waals surface area contributed by atoms with E-state index in [4.69, 9.17) is 18.9 Å². The predicted molar refractivity (Wildman–Crippen MR) is 135 cm³/mol. The first-order valence-electron chi connectivity index (χ1n) is 11.5. The number of benzene rings is 3. The van der Waals surface area contributed by atoms with Crippen LogP contribution in [-0.2, 0) is 11.2 Å². The van der Waals surface area contributed by atoms with Gasteiger partial charge in [0.1, 0.15) is 11.5 Å². The number of hydrogen-bond acceptors (Lipinski definition) is 7. The predicted octanol–water partition coefficient (Wildman–Crippen LogP) is 3.92. The van der Waals surface area contributed by atoms with Crippen molar-refractivity contribution in [1.82, 2.24) is 9.78 Å². The number of carbonyl (C=O) groups is 1. The Morgan fingerprint density at radius 3 is 2.46 bits per heavy atom. The van der Waals surface area contributed by atoms with E-state index in [0.717, 1.165) is 10.2 Å². The lowest BCUT2D eigenvalue weighted by Gasteiger charge is -2.18. The van der Waals surface area contributed by atoms with Crippen molar-refractivity contribution < 1.29 is 28.8 Å². The summed E-state index contributed by atoms with van der Waals surface area (Å²) in [5, 5.41) is 14.8. The number of aromatic nitrogens is 2. The summed E-state index contributed by atoms with van der Waals surface area (Å²) in [6.07, 6.45) is 0.224. The molecule has 5 rings (SSSR count). The van der Waals surface area contributed by atoms with Gasteiger partial charge < -0.3 is 24.1 Å². The quantitative estimate of drug-likeness (QED) is 0.388. The van der Waals surface area contributed by atoms with E-state index < -0.39 is 17.6 Å². The number of para-hydroxylation sites is 1. The molecule has 0 aliphatic carbocycles. The van der Waals surface area contributed by atoms with E-state index in [1.165, 1.54) is 0 Å². The number of methoxy groups -OCH3 is 2. The summed E-state index contributed by atoms with van der Waals surface area (Å²) in [6, 6.07) is 19.6. The Morgan fingerprint density at radius 1 is 0.973 bits per heavy atom. The van der Waals surface area contributed by atoms with Gasteiger partial charge in [-0.3, -0.25) is 4.79 Å². The first kappa shape index (κ1) is 23.9. The van der Waals surface area contributed by atoms with Crippen molar-refractivity contribution in [2.24, 2.45) is 0 Å². The summed E-state index contributed by atoms with van der Waals surface area (Å²) in [4.78, 5) is 26.3. The minimum absolute atomic E-state index is 0.0464. The van der Waals surface area contributed by atoms with Crippen LogP contribution in [0, 0.1) is 0 Å². The van der Waals surface area contributed by atoms with Gasteiger partial charge in [0, 0.05) is 17.5 Å². The Morgan fingerprint density at radius 2 is 1.73 bits per heavy atom. The second-order valence-corrected chi connectivity index (χ2v) is 8.38. The van der Waals surface area contributed by atoms with Crippen LogP contribution in [0.1, 0.15) is 22.7 Å². The number of ether oxygens (including phenoxy) is 4. The molecule has 0 radical (unpaired) electrons. The molecule has 3 aromatic carbocycles. The summed E-state index contributed by atoms with van der Waals surface area (Å²) in [7, 11) is 3.13. The average molecular weight is 501 g/mol. The first-order chi connectivity index (χ1) is 18.0. The molecule has 9 heteroatoms. The summed E-state index contributed by atoms with van der Waals surface area (Å²) < 4.78 is 22.5. The lowest BCUT2D eigenvalue weighted by Crippen LogP contribution is -2.35. The summed E-state index contributed by atoms with van der Waals surface area (Å²) >= 11 is 0. The van der Waals surface area contributed by atoms with Crippen LogP contribution in [-0.4, -0.2) is 41.9 Å². The highest BCUT2D eigenvalue weighted by atomic mass is 16.7. The fraction of sp³-hybridized carbons (Fsp3) is 0.179. The van der Waals surface area contributed by atoms with E-state index in [2.05, 4.69) is 5.10 Å². The fourth-order valence-corrected chi connectivity index (χ4v) is 4.29. The van der Waals surface area contributed by atoms with Gasteiger partial charge in [0.2, 0.25) is 6.79 Å². The van der Waals surface area contributed by atoms with Crippen molar-refractivity contribution in [2.75, 3.05) is 21.0 Å². The largest absolute Gasteiger partial charge is 0.497 e. The van der Waals surface area contributed by atoms with Crippen molar-refractivity contribution in [2.45, 2.75) is 12.5 Å². The molecule has 0 amide bonds. The maximum Gasteiger partial charge on any atom is 0.333 e. The Hall–Kier alpha value is -4.79. The minimum atomic E-state index is -1.39. The van der Waals surface area contributed by atoms with E-state index >= 15 is 0 Å². The molecule has 0 bridgehead atoms. The Balaban J connectivity index is 1.68. The van der Waals surface area contributed by atoms with Gasteiger partial charge >= 0.3 is 5.97 Å². The second-order valence-electron chi connectivity index (χ2n) is 8.38. The van der Waals surface area contributed by atoms with Crippen LogP contribution in [0.3, 0.4) is 0 Å². The van der Waals surface area contributed by atoms with Gasteiger partial charge in [0.25, 0.3) is 5.56 Å². The van der Waals surface area contributed by atoms with Crippen molar-refractivity contribution in [1.29, 1.82) is 0 Å². The van der Waals surface area contributed by atoms with Crippen LogP contribution in [0.4, 0.5) is 0 Å². The molecule has 1 aliphatic rings. The molecule has 0 fully saturated rings. The van der Waals surface area contributed by atoms with Crippen LogP contribution in [0.2, 0.25) is 0 Å². The van der Waals surface area contributed by atoms with Crippen molar-refractivity contribution in [3.8, 4) is 34.3 Å². The number of hydrogen-bond donors (Lipinski definition) is 1. The van der Waals surface area contributed by atoms with Crippen LogP contribution >= 0.6 is 0 Å². The topological polar surface area (TPSA) is 109 Å². The van der Waals surface area contributed by atoms with Gasteiger partial charge in [-0.25, -0.2) is 9.48 Å².